The third-order valence-electron chi connectivity index (χ3n) is 4.93. The van der Waals surface area contributed by atoms with Gasteiger partial charge >= 0.3 is 0 Å². The van der Waals surface area contributed by atoms with Crippen molar-refractivity contribution in [3.63, 3.8) is 0 Å². The summed E-state index contributed by atoms with van der Waals surface area (Å²) >= 11 is 13.8. The molecule has 33 heavy (non-hydrogen) atoms. The largest absolute Gasteiger partial charge is 0.360 e. The zero-order chi connectivity index (χ0) is 22.6. The Morgan fingerprint density at radius 1 is 0.939 bits per heavy atom. The molecule has 9 heteroatoms. The van der Waals surface area contributed by atoms with Crippen LogP contribution in [0.1, 0.15) is 11.3 Å². The van der Waals surface area contributed by atoms with E-state index in [1.165, 1.54) is 11.8 Å². The minimum Gasteiger partial charge on any atom is -0.360 e. The Labute approximate surface area is 204 Å². The summed E-state index contributed by atoms with van der Waals surface area (Å²) in [5.74, 6) is 2.01. The molecular weight excluding hydrogens is 477 g/mol. The van der Waals surface area contributed by atoms with E-state index in [9.17, 15) is 0 Å². The van der Waals surface area contributed by atoms with E-state index in [-0.39, 0.29) is 0 Å². The van der Waals surface area contributed by atoms with E-state index >= 15 is 0 Å². The predicted molar refractivity (Wildman–Crippen MR) is 130 cm³/mol. The summed E-state index contributed by atoms with van der Waals surface area (Å²) in [4.78, 5) is 4.23. The van der Waals surface area contributed by atoms with Crippen LogP contribution in [0.25, 0.3) is 22.6 Å². The Hall–Kier alpha value is -3.13. The van der Waals surface area contributed by atoms with E-state index in [0.717, 1.165) is 27.7 Å². The number of halogens is 2. The molecule has 0 bridgehead atoms. The lowest BCUT2D eigenvalue weighted by molar-refractivity contribution is 0.397. The predicted octanol–water partition coefficient (Wildman–Crippen LogP) is 6.64. The van der Waals surface area contributed by atoms with Crippen LogP contribution in [0, 0.1) is 0 Å². The number of pyridine rings is 1. The van der Waals surface area contributed by atoms with Gasteiger partial charge in [-0.05, 0) is 35.9 Å². The van der Waals surface area contributed by atoms with Crippen LogP contribution >= 0.6 is 35.0 Å². The molecule has 0 saturated heterocycles. The molecule has 0 amide bonds. The zero-order valence-corrected chi connectivity index (χ0v) is 19.6. The average Bonchev–Trinajstić information content (AvgIpc) is 3.46. The minimum atomic E-state index is 0.527. The molecule has 6 nitrogen and oxygen atoms in total. The number of nitrogens with zero attached hydrogens (tertiary/aromatic N) is 5. The number of aromatic nitrogens is 5. The standard InChI is InChI=1S/C24H17Cl2N5OS/c25-18-8-9-20(21(26)11-18)22-12-19(32-30-22)15-33-24-29-28-23(17-7-4-10-27-13-17)31(24)14-16-5-2-1-3-6-16/h1-13H,14-15H2. The van der Waals surface area contributed by atoms with Crippen LogP contribution < -0.4 is 0 Å². The molecule has 5 rings (SSSR count). The van der Waals surface area contributed by atoms with Crippen molar-refractivity contribution >= 4 is 35.0 Å². The Kier molecular flexibility index (Phi) is 6.44. The van der Waals surface area contributed by atoms with E-state index in [4.69, 9.17) is 27.7 Å². The van der Waals surface area contributed by atoms with Gasteiger partial charge in [-0.3, -0.25) is 9.55 Å². The second-order valence-electron chi connectivity index (χ2n) is 7.21. The van der Waals surface area contributed by atoms with Crippen LogP contribution in [-0.4, -0.2) is 24.9 Å². The smallest absolute Gasteiger partial charge is 0.192 e. The summed E-state index contributed by atoms with van der Waals surface area (Å²) in [6.45, 7) is 0.641. The summed E-state index contributed by atoms with van der Waals surface area (Å²) in [6, 6.07) is 21.3. The fourth-order valence-corrected chi connectivity index (χ4v) is 4.67. The summed E-state index contributed by atoms with van der Waals surface area (Å²) in [5, 5.41) is 14.9. The van der Waals surface area contributed by atoms with E-state index in [1.807, 2.05) is 42.5 Å². The van der Waals surface area contributed by atoms with E-state index in [0.29, 0.717) is 33.8 Å². The van der Waals surface area contributed by atoms with Gasteiger partial charge in [0, 0.05) is 34.6 Å². The van der Waals surface area contributed by atoms with E-state index in [1.54, 1.807) is 24.5 Å². The highest BCUT2D eigenvalue weighted by Gasteiger charge is 2.17. The molecule has 0 spiro atoms. The van der Waals surface area contributed by atoms with Crippen LogP contribution in [0.2, 0.25) is 10.0 Å². The lowest BCUT2D eigenvalue weighted by Gasteiger charge is -2.10. The maximum Gasteiger partial charge on any atom is 0.192 e. The molecule has 5 aromatic rings. The molecule has 0 aliphatic rings. The normalized spacial score (nSPS) is 11.1. The molecule has 0 fully saturated rings. The summed E-state index contributed by atoms with van der Waals surface area (Å²) in [6.07, 6.45) is 3.53. The summed E-state index contributed by atoms with van der Waals surface area (Å²) < 4.78 is 7.63. The van der Waals surface area contributed by atoms with Crippen molar-refractivity contribution in [2.24, 2.45) is 0 Å². The second kappa shape index (κ2) is 9.79. The maximum atomic E-state index is 6.31. The topological polar surface area (TPSA) is 69.6 Å². The highest BCUT2D eigenvalue weighted by atomic mass is 35.5. The van der Waals surface area contributed by atoms with E-state index in [2.05, 4.69) is 37.0 Å². The SMILES string of the molecule is Clc1ccc(-c2cc(CSc3nnc(-c4cccnc4)n3Cc3ccccc3)on2)c(Cl)c1. The average molecular weight is 494 g/mol. The fraction of sp³-hybridized carbons (Fsp3) is 0.0833. The van der Waals surface area contributed by atoms with Gasteiger partial charge in [0.2, 0.25) is 0 Å². The minimum absolute atomic E-state index is 0.527. The third kappa shape index (κ3) is 4.95. The first-order valence-corrected chi connectivity index (χ1v) is 11.8. The number of benzene rings is 2. The van der Waals surface area contributed by atoms with Crippen molar-refractivity contribution in [1.82, 2.24) is 24.9 Å². The summed E-state index contributed by atoms with van der Waals surface area (Å²) in [7, 11) is 0. The van der Waals surface area contributed by atoms with Crippen molar-refractivity contribution in [1.29, 1.82) is 0 Å². The molecule has 0 aliphatic carbocycles. The number of thioether (sulfide) groups is 1. The van der Waals surface area contributed by atoms with Crippen LogP contribution in [-0.2, 0) is 12.3 Å². The van der Waals surface area contributed by atoms with Gasteiger partial charge in [0.1, 0.15) is 11.5 Å². The summed E-state index contributed by atoms with van der Waals surface area (Å²) in [5.41, 5.74) is 3.50. The molecule has 3 aromatic heterocycles. The zero-order valence-electron chi connectivity index (χ0n) is 17.2. The Morgan fingerprint density at radius 3 is 2.61 bits per heavy atom. The van der Waals surface area contributed by atoms with Gasteiger partial charge in [0.05, 0.1) is 17.3 Å². The molecule has 3 heterocycles. The monoisotopic (exact) mass is 493 g/mol. The van der Waals surface area contributed by atoms with Crippen molar-refractivity contribution in [3.05, 3.63) is 100 Å². The van der Waals surface area contributed by atoms with Gasteiger partial charge in [0.15, 0.2) is 11.0 Å². The van der Waals surface area contributed by atoms with Gasteiger partial charge in [-0.25, -0.2) is 0 Å². The van der Waals surface area contributed by atoms with Crippen LogP contribution in [0.5, 0.6) is 0 Å². The number of hydrogen-bond acceptors (Lipinski definition) is 6. The first-order valence-electron chi connectivity index (χ1n) is 10.1. The van der Waals surface area contributed by atoms with Gasteiger partial charge in [-0.2, -0.15) is 0 Å². The van der Waals surface area contributed by atoms with Gasteiger partial charge in [0.25, 0.3) is 0 Å². The third-order valence-corrected chi connectivity index (χ3v) is 6.47. The van der Waals surface area contributed by atoms with Crippen molar-refractivity contribution in [3.8, 4) is 22.6 Å². The first kappa shape index (κ1) is 21.7. The fourth-order valence-electron chi connectivity index (χ4n) is 3.35. The molecule has 0 aliphatic heterocycles. The lowest BCUT2D eigenvalue weighted by atomic mass is 10.1. The lowest BCUT2D eigenvalue weighted by Crippen LogP contribution is -2.04. The van der Waals surface area contributed by atoms with Crippen molar-refractivity contribution < 1.29 is 4.52 Å². The van der Waals surface area contributed by atoms with Crippen LogP contribution in [0.4, 0.5) is 0 Å². The number of rotatable bonds is 7. The Bertz CT molecular complexity index is 1370. The molecule has 0 atom stereocenters. The maximum absolute atomic E-state index is 6.31. The second-order valence-corrected chi connectivity index (χ2v) is 9.00. The van der Waals surface area contributed by atoms with Gasteiger partial charge < -0.3 is 4.52 Å². The number of hydrogen-bond donors (Lipinski definition) is 0. The molecule has 0 saturated carbocycles. The molecule has 2 aromatic carbocycles. The van der Waals surface area contributed by atoms with Crippen molar-refractivity contribution in [2.75, 3.05) is 0 Å². The van der Waals surface area contributed by atoms with E-state index < -0.39 is 0 Å². The van der Waals surface area contributed by atoms with Crippen molar-refractivity contribution in [2.45, 2.75) is 17.5 Å². The Balaban J connectivity index is 1.40. The highest BCUT2D eigenvalue weighted by Crippen LogP contribution is 2.32. The van der Waals surface area contributed by atoms with Crippen LogP contribution in [0.15, 0.2) is 88.8 Å². The molecule has 164 valence electrons. The quantitative estimate of drug-likeness (QED) is 0.236. The molecule has 0 radical (unpaired) electrons. The van der Waals surface area contributed by atoms with Gasteiger partial charge in [-0.15, -0.1) is 10.2 Å². The molecule has 0 N–H and O–H groups in total. The Morgan fingerprint density at radius 2 is 1.82 bits per heavy atom. The van der Waals surface area contributed by atoms with Gasteiger partial charge in [-0.1, -0.05) is 70.5 Å². The molecular formula is C24H17Cl2N5OS. The van der Waals surface area contributed by atoms with Crippen LogP contribution in [0.3, 0.4) is 0 Å². The molecule has 0 unspecified atom stereocenters. The highest BCUT2D eigenvalue weighted by molar-refractivity contribution is 7.98. The first-order chi connectivity index (χ1) is 16.2.